The highest BCUT2D eigenvalue weighted by Gasteiger charge is 2.19. The van der Waals surface area contributed by atoms with Gasteiger partial charge in [0.1, 0.15) is 5.75 Å². The van der Waals surface area contributed by atoms with E-state index in [1.807, 2.05) is 13.0 Å². The summed E-state index contributed by atoms with van der Waals surface area (Å²) in [6.45, 7) is -1.10. The van der Waals surface area contributed by atoms with Crippen LogP contribution in [0.1, 0.15) is 40.9 Å². The van der Waals surface area contributed by atoms with E-state index in [1.54, 1.807) is 42.5 Å². The zero-order valence-corrected chi connectivity index (χ0v) is 13.0. The maximum atomic E-state index is 12.5. The van der Waals surface area contributed by atoms with E-state index in [9.17, 15) is 13.6 Å². The third-order valence-corrected chi connectivity index (χ3v) is 3.50. The fourth-order valence-electron chi connectivity index (χ4n) is 2.31. The largest absolute Gasteiger partial charge is 0.434 e. The molecule has 0 unspecified atom stereocenters. The van der Waals surface area contributed by atoms with E-state index in [0.717, 1.165) is 0 Å². The van der Waals surface area contributed by atoms with Crippen LogP contribution >= 0.6 is 0 Å². The molecule has 0 heterocycles. The van der Waals surface area contributed by atoms with Crippen LogP contribution in [0, 0.1) is 11.3 Å². The van der Waals surface area contributed by atoms with E-state index in [4.69, 9.17) is 5.26 Å². The van der Waals surface area contributed by atoms with Gasteiger partial charge in [0.15, 0.2) is 0 Å². The minimum absolute atomic E-state index is 0.0412. The Labute approximate surface area is 138 Å². The third-order valence-electron chi connectivity index (χ3n) is 3.50. The third kappa shape index (κ3) is 4.29. The Morgan fingerprint density at radius 1 is 1.21 bits per heavy atom. The molecular weight excluding hydrogens is 314 g/mol. The molecule has 1 N–H and O–H groups in total. The van der Waals surface area contributed by atoms with E-state index in [2.05, 4.69) is 10.1 Å². The van der Waals surface area contributed by atoms with Crippen LogP contribution in [-0.4, -0.2) is 12.5 Å². The van der Waals surface area contributed by atoms with Crippen LogP contribution in [0.3, 0.4) is 0 Å². The van der Waals surface area contributed by atoms with Crippen molar-refractivity contribution in [1.82, 2.24) is 5.32 Å². The van der Waals surface area contributed by atoms with Gasteiger partial charge in [-0.15, -0.1) is 0 Å². The molecule has 0 saturated carbocycles. The summed E-state index contributed by atoms with van der Waals surface area (Å²) in [6, 6.07) is 14.1. The lowest BCUT2D eigenvalue weighted by Crippen LogP contribution is -2.28. The Hall–Kier alpha value is -2.94. The van der Waals surface area contributed by atoms with E-state index in [-0.39, 0.29) is 11.7 Å². The number of para-hydroxylation sites is 1. The Kier molecular flexibility index (Phi) is 5.85. The summed E-state index contributed by atoms with van der Waals surface area (Å²) in [5, 5.41) is 11.6. The molecule has 1 amide bonds. The van der Waals surface area contributed by atoms with Crippen molar-refractivity contribution < 1.29 is 18.3 Å². The van der Waals surface area contributed by atoms with Crippen LogP contribution in [0.25, 0.3) is 0 Å². The summed E-state index contributed by atoms with van der Waals surface area (Å²) >= 11 is 0. The summed E-state index contributed by atoms with van der Waals surface area (Å²) < 4.78 is 29.6. The number of hydrogen-bond acceptors (Lipinski definition) is 3. The number of nitrogens with one attached hydrogen (secondary N) is 1. The van der Waals surface area contributed by atoms with Gasteiger partial charge < -0.3 is 10.1 Å². The van der Waals surface area contributed by atoms with Gasteiger partial charge in [0.25, 0.3) is 5.91 Å². The minimum atomic E-state index is -2.93. The number of rotatable bonds is 6. The first-order valence-electron chi connectivity index (χ1n) is 7.40. The molecule has 1 atom stereocenters. The number of benzene rings is 2. The fourth-order valence-corrected chi connectivity index (χ4v) is 2.31. The number of amides is 1. The van der Waals surface area contributed by atoms with Crippen molar-refractivity contribution in [3.05, 3.63) is 65.2 Å². The molecule has 2 rings (SSSR count). The van der Waals surface area contributed by atoms with Crippen molar-refractivity contribution >= 4 is 5.91 Å². The standard InChI is InChI=1S/C18H16F2N2O2/c1-2-15(14-5-3-4-6-16(14)24-18(19)20)22-17(23)13-9-7-12(11-21)8-10-13/h3-10,15,18H,2H2,1H3,(H,22,23)/t15-/m0/s1. The van der Waals surface area contributed by atoms with Crippen molar-refractivity contribution in [3.8, 4) is 11.8 Å². The Balaban J connectivity index is 2.20. The first kappa shape index (κ1) is 17.4. The smallest absolute Gasteiger partial charge is 0.387 e. The molecule has 4 nitrogen and oxygen atoms in total. The van der Waals surface area contributed by atoms with E-state index in [0.29, 0.717) is 23.1 Å². The van der Waals surface area contributed by atoms with Crippen molar-refractivity contribution in [2.75, 3.05) is 0 Å². The number of carbonyl (C=O) groups is 1. The molecule has 0 spiro atoms. The lowest BCUT2D eigenvalue weighted by atomic mass is 10.0. The average Bonchev–Trinajstić information content (AvgIpc) is 2.59. The first-order valence-corrected chi connectivity index (χ1v) is 7.40. The zero-order chi connectivity index (χ0) is 17.5. The minimum Gasteiger partial charge on any atom is -0.434 e. The highest BCUT2D eigenvalue weighted by atomic mass is 19.3. The van der Waals surface area contributed by atoms with Crippen LogP contribution in [0.5, 0.6) is 5.75 Å². The van der Waals surface area contributed by atoms with Gasteiger partial charge in [0, 0.05) is 11.1 Å². The molecular formula is C18H16F2N2O2. The van der Waals surface area contributed by atoms with Gasteiger partial charge >= 0.3 is 6.61 Å². The van der Waals surface area contributed by atoms with E-state index < -0.39 is 12.7 Å². The molecule has 0 aliphatic heterocycles. The molecule has 0 saturated heterocycles. The molecule has 0 aromatic heterocycles. The summed E-state index contributed by atoms with van der Waals surface area (Å²) in [5.74, 6) is -0.308. The lowest BCUT2D eigenvalue weighted by Gasteiger charge is -2.20. The van der Waals surface area contributed by atoms with Gasteiger partial charge in [0.05, 0.1) is 17.7 Å². The predicted molar refractivity (Wildman–Crippen MR) is 84.7 cm³/mol. The first-order chi connectivity index (χ1) is 11.5. The SMILES string of the molecule is CC[C@H](NC(=O)c1ccc(C#N)cc1)c1ccccc1OC(F)F. The molecule has 6 heteroatoms. The maximum absolute atomic E-state index is 12.5. The molecule has 0 fully saturated rings. The second-order valence-electron chi connectivity index (χ2n) is 5.04. The molecule has 2 aromatic rings. The van der Waals surface area contributed by atoms with Crippen LogP contribution in [-0.2, 0) is 0 Å². The highest BCUT2D eigenvalue weighted by molar-refractivity contribution is 5.94. The van der Waals surface area contributed by atoms with E-state index in [1.165, 1.54) is 6.07 Å². The van der Waals surface area contributed by atoms with Crippen LogP contribution in [0.4, 0.5) is 8.78 Å². The number of nitriles is 1. The number of hydrogen-bond donors (Lipinski definition) is 1. The number of carbonyl (C=O) groups excluding carboxylic acids is 1. The fraction of sp³-hybridized carbons (Fsp3) is 0.222. The van der Waals surface area contributed by atoms with Crippen molar-refractivity contribution in [1.29, 1.82) is 5.26 Å². The normalized spacial score (nSPS) is 11.6. The molecule has 2 aromatic carbocycles. The number of halogens is 2. The van der Waals surface area contributed by atoms with Gasteiger partial charge in [-0.2, -0.15) is 14.0 Å². The molecule has 0 aliphatic rings. The van der Waals surface area contributed by atoms with Gasteiger partial charge in [-0.3, -0.25) is 4.79 Å². The van der Waals surface area contributed by atoms with E-state index >= 15 is 0 Å². The molecule has 0 bridgehead atoms. The van der Waals surface area contributed by atoms with Crippen molar-refractivity contribution in [2.45, 2.75) is 26.0 Å². The highest BCUT2D eigenvalue weighted by Crippen LogP contribution is 2.28. The summed E-state index contributed by atoms with van der Waals surface area (Å²) in [7, 11) is 0. The van der Waals surface area contributed by atoms with Gasteiger partial charge in [-0.05, 0) is 36.8 Å². The van der Waals surface area contributed by atoms with Gasteiger partial charge in [-0.1, -0.05) is 25.1 Å². The molecule has 24 heavy (non-hydrogen) atoms. The Morgan fingerprint density at radius 3 is 2.46 bits per heavy atom. The number of ether oxygens (including phenoxy) is 1. The van der Waals surface area contributed by atoms with Gasteiger partial charge in [-0.25, -0.2) is 0 Å². The summed E-state index contributed by atoms with van der Waals surface area (Å²) in [4.78, 5) is 12.3. The quantitative estimate of drug-likeness (QED) is 0.869. The van der Waals surface area contributed by atoms with Gasteiger partial charge in [0.2, 0.25) is 0 Å². The summed E-state index contributed by atoms with van der Waals surface area (Å²) in [5.41, 5.74) is 1.33. The number of alkyl halides is 2. The number of nitrogens with zero attached hydrogens (tertiary/aromatic N) is 1. The van der Waals surface area contributed by atoms with Crippen molar-refractivity contribution in [3.63, 3.8) is 0 Å². The van der Waals surface area contributed by atoms with Crippen LogP contribution in [0.15, 0.2) is 48.5 Å². The Morgan fingerprint density at radius 2 is 1.88 bits per heavy atom. The molecule has 0 radical (unpaired) electrons. The van der Waals surface area contributed by atoms with Crippen LogP contribution in [0.2, 0.25) is 0 Å². The lowest BCUT2D eigenvalue weighted by molar-refractivity contribution is -0.0506. The van der Waals surface area contributed by atoms with Crippen LogP contribution < -0.4 is 10.1 Å². The second-order valence-corrected chi connectivity index (χ2v) is 5.04. The van der Waals surface area contributed by atoms with Crippen molar-refractivity contribution in [2.24, 2.45) is 0 Å². The summed E-state index contributed by atoms with van der Waals surface area (Å²) in [6.07, 6.45) is 0.506. The molecule has 0 aliphatic carbocycles. The monoisotopic (exact) mass is 330 g/mol. The average molecular weight is 330 g/mol. The predicted octanol–water partition coefficient (Wildman–Crippen LogP) is 4.04. The molecule has 124 valence electrons. The topological polar surface area (TPSA) is 62.1 Å². The maximum Gasteiger partial charge on any atom is 0.387 e. The zero-order valence-electron chi connectivity index (χ0n) is 13.0. The second kappa shape index (κ2) is 8.06. The Bertz CT molecular complexity index is 739.